The predicted octanol–water partition coefficient (Wildman–Crippen LogP) is 1.31. The Kier molecular flexibility index (Phi) is 1.83. The third-order valence-corrected chi connectivity index (χ3v) is 2.34. The molecule has 0 aliphatic carbocycles. The van der Waals surface area contributed by atoms with Crippen LogP contribution in [-0.4, -0.2) is 20.2 Å². The molecule has 0 spiro atoms. The predicted molar refractivity (Wildman–Crippen MR) is 59.9 cm³/mol. The Morgan fingerprint density at radius 1 is 1.06 bits per heavy atom. The molecule has 16 heavy (non-hydrogen) atoms. The minimum absolute atomic E-state index is 0.329. The molecule has 0 radical (unpaired) electrons. The molecule has 0 amide bonds. The van der Waals surface area contributed by atoms with Crippen LogP contribution in [0.15, 0.2) is 41.2 Å². The molecule has 3 rings (SSSR count). The van der Waals surface area contributed by atoms with Crippen molar-refractivity contribution in [2.45, 2.75) is 0 Å². The number of hydrogen-bond acceptors (Lipinski definition) is 3. The Morgan fingerprint density at radius 3 is 2.75 bits per heavy atom. The molecule has 0 atom stereocenters. The average molecular weight is 212 g/mol. The quantitative estimate of drug-likeness (QED) is 0.638. The Hall–Kier alpha value is -2.43. The summed E-state index contributed by atoms with van der Waals surface area (Å²) in [5, 5.41) is 7.21. The second-order valence-electron chi connectivity index (χ2n) is 3.42. The Balaban J connectivity index is 2.22. The highest BCUT2D eigenvalue weighted by atomic mass is 16.1. The number of fused-ring (bicyclic) bond motifs is 1. The number of aromatic nitrogens is 4. The fourth-order valence-electron chi connectivity index (χ4n) is 1.59. The molecule has 0 aliphatic heterocycles. The molecule has 0 saturated heterocycles. The molecular weight excluding hydrogens is 204 g/mol. The summed E-state index contributed by atoms with van der Waals surface area (Å²) >= 11 is 0. The van der Waals surface area contributed by atoms with Gasteiger partial charge < -0.3 is 0 Å². The summed E-state index contributed by atoms with van der Waals surface area (Å²) in [5.41, 5.74) is 1.20. The third kappa shape index (κ3) is 1.38. The molecule has 5 heteroatoms. The summed E-state index contributed by atoms with van der Waals surface area (Å²) in [7, 11) is 0. The van der Waals surface area contributed by atoms with Crippen molar-refractivity contribution in [1.29, 1.82) is 0 Å². The minimum atomic E-state index is -0.329. The molecule has 0 bridgehead atoms. The lowest BCUT2D eigenvalue weighted by Crippen LogP contribution is -2.00. The third-order valence-electron chi connectivity index (χ3n) is 2.34. The molecular formula is C11H8N4O. The van der Waals surface area contributed by atoms with Gasteiger partial charge in [-0.3, -0.25) is 4.98 Å². The SMILES string of the molecule is O=c1[nH]nc(-c2ccc3ccccc3n2)[nH]1. The van der Waals surface area contributed by atoms with E-state index in [1.54, 1.807) is 0 Å². The molecule has 2 N–H and O–H groups in total. The number of aromatic amines is 2. The van der Waals surface area contributed by atoms with Crippen molar-refractivity contribution in [3.8, 4) is 11.5 Å². The maximum absolute atomic E-state index is 10.9. The molecule has 2 aromatic heterocycles. The minimum Gasteiger partial charge on any atom is -0.288 e. The molecule has 5 nitrogen and oxygen atoms in total. The second-order valence-corrected chi connectivity index (χ2v) is 3.42. The van der Waals surface area contributed by atoms with Crippen LogP contribution in [0.2, 0.25) is 0 Å². The number of H-pyrrole nitrogens is 2. The summed E-state index contributed by atoms with van der Waals surface area (Å²) in [5.74, 6) is 0.454. The topological polar surface area (TPSA) is 74.4 Å². The number of nitrogens with zero attached hydrogens (tertiary/aromatic N) is 2. The van der Waals surface area contributed by atoms with E-state index in [-0.39, 0.29) is 5.69 Å². The van der Waals surface area contributed by atoms with Crippen molar-refractivity contribution in [2.24, 2.45) is 0 Å². The zero-order chi connectivity index (χ0) is 11.0. The van der Waals surface area contributed by atoms with Gasteiger partial charge in [-0.25, -0.2) is 14.9 Å². The monoisotopic (exact) mass is 212 g/mol. The largest absolute Gasteiger partial charge is 0.340 e. The van der Waals surface area contributed by atoms with Gasteiger partial charge >= 0.3 is 5.69 Å². The first-order chi connectivity index (χ1) is 7.83. The number of para-hydroxylation sites is 1. The van der Waals surface area contributed by atoms with E-state index in [1.807, 2.05) is 36.4 Å². The molecule has 0 fully saturated rings. The van der Waals surface area contributed by atoms with Gasteiger partial charge in [0, 0.05) is 5.39 Å². The van der Waals surface area contributed by atoms with Crippen LogP contribution in [-0.2, 0) is 0 Å². The van der Waals surface area contributed by atoms with Crippen LogP contribution in [0.25, 0.3) is 22.4 Å². The fourth-order valence-corrected chi connectivity index (χ4v) is 1.59. The van der Waals surface area contributed by atoms with Crippen molar-refractivity contribution >= 4 is 10.9 Å². The van der Waals surface area contributed by atoms with Crippen molar-refractivity contribution in [3.05, 3.63) is 46.9 Å². The van der Waals surface area contributed by atoms with Gasteiger partial charge in [0.2, 0.25) is 0 Å². The fraction of sp³-hybridized carbons (Fsp3) is 0. The molecule has 2 heterocycles. The number of hydrogen-bond donors (Lipinski definition) is 2. The van der Waals surface area contributed by atoms with Gasteiger partial charge in [-0.15, -0.1) is 0 Å². The Morgan fingerprint density at radius 2 is 1.94 bits per heavy atom. The maximum Gasteiger partial charge on any atom is 0.340 e. The summed E-state index contributed by atoms with van der Waals surface area (Å²) in [6.45, 7) is 0. The van der Waals surface area contributed by atoms with Crippen LogP contribution in [0.3, 0.4) is 0 Å². The lowest BCUT2D eigenvalue weighted by atomic mass is 10.2. The van der Waals surface area contributed by atoms with Gasteiger partial charge in [-0.2, -0.15) is 5.10 Å². The molecule has 1 aromatic carbocycles. The van der Waals surface area contributed by atoms with Gasteiger partial charge in [0.25, 0.3) is 0 Å². The van der Waals surface area contributed by atoms with Gasteiger partial charge in [-0.05, 0) is 12.1 Å². The number of pyridine rings is 1. The summed E-state index contributed by atoms with van der Waals surface area (Å²) < 4.78 is 0. The van der Waals surface area contributed by atoms with E-state index in [9.17, 15) is 4.79 Å². The number of rotatable bonds is 1. The van der Waals surface area contributed by atoms with Gasteiger partial charge in [0.05, 0.1) is 5.52 Å². The number of nitrogens with one attached hydrogen (secondary N) is 2. The van der Waals surface area contributed by atoms with E-state index in [2.05, 4.69) is 20.2 Å². The van der Waals surface area contributed by atoms with Crippen molar-refractivity contribution in [3.63, 3.8) is 0 Å². The normalized spacial score (nSPS) is 10.8. The zero-order valence-electron chi connectivity index (χ0n) is 8.27. The smallest absolute Gasteiger partial charge is 0.288 e. The van der Waals surface area contributed by atoms with E-state index < -0.39 is 0 Å². The van der Waals surface area contributed by atoms with Crippen molar-refractivity contribution in [1.82, 2.24) is 20.2 Å². The Labute approximate surface area is 90.2 Å². The van der Waals surface area contributed by atoms with Gasteiger partial charge in [0.15, 0.2) is 5.82 Å². The van der Waals surface area contributed by atoms with Crippen molar-refractivity contribution < 1.29 is 0 Å². The lowest BCUT2D eigenvalue weighted by molar-refractivity contribution is 1.05. The van der Waals surface area contributed by atoms with Crippen LogP contribution in [0.1, 0.15) is 0 Å². The first-order valence-corrected chi connectivity index (χ1v) is 4.84. The maximum atomic E-state index is 10.9. The molecule has 78 valence electrons. The van der Waals surface area contributed by atoms with Crippen LogP contribution in [0, 0.1) is 0 Å². The molecule has 0 unspecified atom stereocenters. The van der Waals surface area contributed by atoms with Crippen LogP contribution in [0.5, 0.6) is 0 Å². The number of benzene rings is 1. The molecule has 0 saturated carbocycles. The zero-order valence-corrected chi connectivity index (χ0v) is 8.27. The van der Waals surface area contributed by atoms with E-state index >= 15 is 0 Å². The molecule has 0 aliphatic rings. The van der Waals surface area contributed by atoms with Crippen LogP contribution in [0.4, 0.5) is 0 Å². The first kappa shape index (κ1) is 8.84. The van der Waals surface area contributed by atoms with Crippen LogP contribution < -0.4 is 5.69 Å². The lowest BCUT2D eigenvalue weighted by Gasteiger charge is -1.98. The van der Waals surface area contributed by atoms with E-state index in [4.69, 9.17) is 0 Å². The van der Waals surface area contributed by atoms with E-state index in [0.29, 0.717) is 11.5 Å². The molecule has 3 aromatic rings. The van der Waals surface area contributed by atoms with Gasteiger partial charge in [0.1, 0.15) is 5.69 Å². The highest BCUT2D eigenvalue weighted by molar-refractivity contribution is 5.80. The highest BCUT2D eigenvalue weighted by Gasteiger charge is 2.04. The summed E-state index contributed by atoms with van der Waals surface area (Å²) in [6, 6.07) is 11.6. The van der Waals surface area contributed by atoms with Gasteiger partial charge in [-0.1, -0.05) is 24.3 Å². The van der Waals surface area contributed by atoms with Crippen LogP contribution >= 0.6 is 0 Å². The first-order valence-electron chi connectivity index (χ1n) is 4.84. The van der Waals surface area contributed by atoms with E-state index in [1.165, 1.54) is 0 Å². The highest BCUT2D eigenvalue weighted by Crippen LogP contribution is 2.16. The average Bonchev–Trinajstić information content (AvgIpc) is 2.75. The standard InChI is InChI=1S/C11H8N4O/c16-11-13-10(14-15-11)9-6-5-7-3-1-2-4-8(7)12-9/h1-6H,(H2,13,14,15,16). The van der Waals surface area contributed by atoms with Crippen molar-refractivity contribution in [2.75, 3.05) is 0 Å². The summed E-state index contributed by atoms with van der Waals surface area (Å²) in [6.07, 6.45) is 0. The Bertz CT molecular complexity index is 698. The van der Waals surface area contributed by atoms with E-state index in [0.717, 1.165) is 10.9 Å². The second kappa shape index (κ2) is 3.30. The summed E-state index contributed by atoms with van der Waals surface area (Å²) in [4.78, 5) is 17.9.